The molecule has 0 aromatic heterocycles. The van der Waals surface area contributed by atoms with Gasteiger partial charge in [0.15, 0.2) is 0 Å². The van der Waals surface area contributed by atoms with E-state index in [0.29, 0.717) is 12.3 Å². The number of benzene rings is 1. The number of aliphatic carboxylic acids is 1. The fourth-order valence-corrected chi connectivity index (χ4v) is 2.88. The first-order chi connectivity index (χ1) is 8.62. The van der Waals surface area contributed by atoms with Crippen LogP contribution in [-0.2, 0) is 16.8 Å². The van der Waals surface area contributed by atoms with Crippen LogP contribution < -0.4 is 5.32 Å². The van der Waals surface area contributed by atoms with Crippen LogP contribution in [0.4, 0.5) is 0 Å². The zero-order valence-electron chi connectivity index (χ0n) is 10.7. The van der Waals surface area contributed by atoms with Gasteiger partial charge in [-0.25, -0.2) is 4.79 Å². The summed E-state index contributed by atoms with van der Waals surface area (Å²) in [5.41, 5.74) is 2.46. The van der Waals surface area contributed by atoms with Crippen molar-refractivity contribution < 1.29 is 9.90 Å². The van der Waals surface area contributed by atoms with Crippen LogP contribution >= 0.6 is 0 Å². The summed E-state index contributed by atoms with van der Waals surface area (Å²) >= 11 is 0. The van der Waals surface area contributed by atoms with Crippen molar-refractivity contribution in [1.82, 2.24) is 5.32 Å². The van der Waals surface area contributed by atoms with Gasteiger partial charge in [-0.2, -0.15) is 0 Å². The average Bonchev–Trinajstić information content (AvgIpc) is 3.09. The second-order valence-electron chi connectivity index (χ2n) is 5.70. The van der Waals surface area contributed by atoms with E-state index in [0.717, 1.165) is 24.1 Å². The lowest BCUT2D eigenvalue weighted by Crippen LogP contribution is -2.48. The largest absolute Gasteiger partial charge is 0.480 e. The number of carboxylic acids is 1. The number of carboxylic acid groups (broad SMARTS) is 1. The van der Waals surface area contributed by atoms with Crippen molar-refractivity contribution in [2.45, 2.75) is 38.1 Å². The Morgan fingerprint density at radius 2 is 2.28 bits per heavy atom. The molecule has 1 saturated carbocycles. The Hall–Kier alpha value is -1.35. The van der Waals surface area contributed by atoms with E-state index in [4.69, 9.17) is 0 Å². The second kappa shape index (κ2) is 4.09. The third-order valence-corrected chi connectivity index (χ3v) is 4.25. The van der Waals surface area contributed by atoms with Crippen LogP contribution in [0.5, 0.6) is 0 Å². The molecule has 1 unspecified atom stereocenters. The summed E-state index contributed by atoms with van der Waals surface area (Å²) in [6.07, 6.45) is 4.01. The quantitative estimate of drug-likeness (QED) is 0.855. The van der Waals surface area contributed by atoms with Crippen LogP contribution in [0.15, 0.2) is 18.2 Å². The molecule has 0 radical (unpaired) electrons. The van der Waals surface area contributed by atoms with Gasteiger partial charge in [-0.3, -0.25) is 5.32 Å². The van der Waals surface area contributed by atoms with Crippen molar-refractivity contribution in [3.05, 3.63) is 34.9 Å². The summed E-state index contributed by atoms with van der Waals surface area (Å²) in [7, 11) is 0. The van der Waals surface area contributed by atoms with Crippen LogP contribution in [0.3, 0.4) is 0 Å². The Morgan fingerprint density at radius 3 is 2.94 bits per heavy atom. The molecule has 2 aliphatic rings. The topological polar surface area (TPSA) is 49.3 Å². The minimum absolute atomic E-state index is 0.674. The Balaban J connectivity index is 1.95. The summed E-state index contributed by atoms with van der Waals surface area (Å²) in [5.74, 6) is -0.0393. The fourth-order valence-electron chi connectivity index (χ4n) is 2.88. The molecule has 1 atom stereocenters. The molecule has 2 aliphatic carbocycles. The van der Waals surface area contributed by atoms with Gasteiger partial charge in [0.2, 0.25) is 0 Å². The zero-order valence-corrected chi connectivity index (χ0v) is 10.7. The van der Waals surface area contributed by atoms with Crippen LogP contribution in [0, 0.1) is 12.8 Å². The van der Waals surface area contributed by atoms with E-state index in [1.165, 1.54) is 18.4 Å². The van der Waals surface area contributed by atoms with E-state index in [1.54, 1.807) is 0 Å². The van der Waals surface area contributed by atoms with Crippen LogP contribution in [0.1, 0.15) is 36.0 Å². The summed E-state index contributed by atoms with van der Waals surface area (Å²) in [6, 6.07) is 6.18. The molecule has 3 heteroatoms. The van der Waals surface area contributed by atoms with Gasteiger partial charge in [0.05, 0.1) is 0 Å². The van der Waals surface area contributed by atoms with Gasteiger partial charge in [0, 0.05) is 0 Å². The molecule has 0 saturated heterocycles. The molecule has 2 N–H and O–H groups in total. The van der Waals surface area contributed by atoms with Crippen molar-refractivity contribution in [1.29, 1.82) is 0 Å². The highest BCUT2D eigenvalue weighted by atomic mass is 16.4. The van der Waals surface area contributed by atoms with Crippen LogP contribution in [-0.4, -0.2) is 17.6 Å². The molecule has 0 amide bonds. The number of nitrogens with one attached hydrogen (secondary N) is 1. The van der Waals surface area contributed by atoms with E-state index in [1.807, 2.05) is 13.0 Å². The van der Waals surface area contributed by atoms with Gasteiger partial charge in [-0.15, -0.1) is 0 Å². The van der Waals surface area contributed by atoms with E-state index in [2.05, 4.69) is 17.4 Å². The highest BCUT2D eigenvalue weighted by Gasteiger charge is 2.46. The van der Waals surface area contributed by atoms with Crippen molar-refractivity contribution in [2.24, 2.45) is 5.92 Å². The third-order valence-electron chi connectivity index (χ3n) is 4.25. The number of hydrogen-bond donors (Lipinski definition) is 2. The minimum Gasteiger partial charge on any atom is -0.480 e. The lowest BCUT2D eigenvalue weighted by atomic mass is 9.90. The summed E-state index contributed by atoms with van der Waals surface area (Å²) in [4.78, 5) is 11.8. The smallest absolute Gasteiger partial charge is 0.328 e. The molecule has 0 heterocycles. The van der Waals surface area contributed by atoms with Gasteiger partial charge >= 0.3 is 5.97 Å². The molecule has 1 aromatic carbocycles. The summed E-state index contributed by atoms with van der Waals surface area (Å²) < 4.78 is 0. The predicted molar refractivity (Wildman–Crippen MR) is 69.5 cm³/mol. The molecular weight excluding hydrogens is 226 g/mol. The van der Waals surface area contributed by atoms with Crippen LogP contribution in [0.2, 0.25) is 0 Å². The molecule has 3 nitrogen and oxygen atoms in total. The average molecular weight is 245 g/mol. The van der Waals surface area contributed by atoms with E-state index in [9.17, 15) is 9.90 Å². The maximum absolute atomic E-state index is 11.8. The summed E-state index contributed by atoms with van der Waals surface area (Å²) in [5, 5.41) is 13.0. The van der Waals surface area contributed by atoms with Crippen LogP contribution in [0.25, 0.3) is 0 Å². The number of rotatable bonds is 4. The first kappa shape index (κ1) is 11.7. The standard InChI is InChI=1S/C15H19NO2/c1-10-2-5-12-6-7-15(14(17)18,13(12)8-10)16-9-11-3-4-11/h2,5,8,11,16H,3-4,6-7,9H2,1H3,(H,17,18). The third kappa shape index (κ3) is 1.83. The van der Waals surface area contributed by atoms with E-state index >= 15 is 0 Å². The zero-order chi connectivity index (χ0) is 12.8. The predicted octanol–water partition coefficient (Wildman–Crippen LogP) is 2.22. The van der Waals surface area contributed by atoms with Gasteiger partial charge in [0.1, 0.15) is 5.54 Å². The van der Waals surface area contributed by atoms with E-state index < -0.39 is 11.5 Å². The molecule has 1 aromatic rings. The molecule has 18 heavy (non-hydrogen) atoms. The van der Waals surface area contributed by atoms with E-state index in [-0.39, 0.29) is 0 Å². The maximum Gasteiger partial charge on any atom is 0.328 e. The number of fused-ring (bicyclic) bond motifs is 1. The Morgan fingerprint density at radius 1 is 1.50 bits per heavy atom. The van der Waals surface area contributed by atoms with Gasteiger partial charge in [-0.05, 0) is 56.2 Å². The van der Waals surface area contributed by atoms with Crippen molar-refractivity contribution >= 4 is 5.97 Å². The maximum atomic E-state index is 11.8. The molecule has 0 bridgehead atoms. The SMILES string of the molecule is Cc1ccc2c(c1)C(NCC1CC1)(C(=O)O)CC2. The Labute approximate surface area is 107 Å². The molecular formula is C15H19NO2. The van der Waals surface area contributed by atoms with Gasteiger partial charge < -0.3 is 5.11 Å². The monoisotopic (exact) mass is 245 g/mol. The minimum atomic E-state index is -0.843. The normalized spacial score (nSPS) is 26.1. The second-order valence-corrected chi connectivity index (χ2v) is 5.70. The fraction of sp³-hybridized carbons (Fsp3) is 0.533. The first-order valence-electron chi connectivity index (χ1n) is 6.70. The number of aryl methyl sites for hydroxylation is 2. The number of carbonyl (C=O) groups is 1. The number of hydrogen-bond acceptors (Lipinski definition) is 2. The molecule has 0 aliphatic heterocycles. The van der Waals surface area contributed by atoms with Crippen molar-refractivity contribution in [3.63, 3.8) is 0 Å². The van der Waals surface area contributed by atoms with Gasteiger partial charge in [-0.1, -0.05) is 23.8 Å². The highest BCUT2D eigenvalue weighted by Crippen LogP contribution is 2.39. The molecule has 96 valence electrons. The first-order valence-corrected chi connectivity index (χ1v) is 6.70. The summed E-state index contributed by atoms with van der Waals surface area (Å²) in [6.45, 7) is 2.85. The molecule has 1 fully saturated rings. The van der Waals surface area contributed by atoms with Crippen molar-refractivity contribution in [3.8, 4) is 0 Å². The Bertz CT molecular complexity index is 493. The molecule has 3 rings (SSSR count). The van der Waals surface area contributed by atoms with Crippen molar-refractivity contribution in [2.75, 3.05) is 6.54 Å². The lowest BCUT2D eigenvalue weighted by Gasteiger charge is -2.27. The lowest BCUT2D eigenvalue weighted by molar-refractivity contribution is -0.145. The Kier molecular flexibility index (Phi) is 2.67. The van der Waals surface area contributed by atoms with Gasteiger partial charge in [0.25, 0.3) is 0 Å². The molecule has 0 spiro atoms. The highest BCUT2D eigenvalue weighted by molar-refractivity contribution is 5.82.